The Hall–Kier alpha value is -3.08. The fourth-order valence-corrected chi connectivity index (χ4v) is 2.34. The number of nitrogens with zero attached hydrogens (tertiary/aromatic N) is 2. The number of benzene rings is 2. The van der Waals surface area contributed by atoms with Crippen LogP contribution < -0.4 is 10.3 Å². The summed E-state index contributed by atoms with van der Waals surface area (Å²) in [6, 6.07) is 15.3. The summed E-state index contributed by atoms with van der Waals surface area (Å²) in [5.41, 5.74) is 6.15. The number of carbonyl (C=O) groups is 1. The first-order valence-corrected chi connectivity index (χ1v) is 7.32. The van der Waals surface area contributed by atoms with Crippen molar-refractivity contribution in [2.45, 2.75) is 0 Å². The summed E-state index contributed by atoms with van der Waals surface area (Å²) in [5, 5.41) is 5.11. The van der Waals surface area contributed by atoms with E-state index in [2.05, 4.69) is 15.5 Å². The second kappa shape index (κ2) is 6.36. The number of aromatic nitrogens is 1. The highest BCUT2D eigenvalue weighted by Gasteiger charge is 2.05. The van der Waals surface area contributed by atoms with Gasteiger partial charge in [0.25, 0.3) is 5.91 Å². The van der Waals surface area contributed by atoms with E-state index in [0.29, 0.717) is 5.56 Å². The molecule has 0 radical (unpaired) electrons. The molecule has 0 saturated heterocycles. The molecule has 5 heteroatoms. The zero-order valence-electron chi connectivity index (χ0n) is 13.1. The highest BCUT2D eigenvalue weighted by atomic mass is 16.2. The number of anilines is 1. The lowest BCUT2D eigenvalue weighted by molar-refractivity contribution is 0.0955. The molecule has 3 rings (SSSR count). The van der Waals surface area contributed by atoms with E-state index in [4.69, 9.17) is 0 Å². The van der Waals surface area contributed by atoms with E-state index in [1.165, 1.54) is 0 Å². The summed E-state index contributed by atoms with van der Waals surface area (Å²) < 4.78 is 0. The first-order valence-electron chi connectivity index (χ1n) is 7.32. The Morgan fingerprint density at radius 1 is 1.13 bits per heavy atom. The Morgan fingerprint density at radius 3 is 2.61 bits per heavy atom. The fraction of sp³-hybridized carbons (Fsp3) is 0.111. The molecule has 2 aromatic carbocycles. The first kappa shape index (κ1) is 14.8. The second-order valence-corrected chi connectivity index (χ2v) is 5.43. The van der Waals surface area contributed by atoms with Gasteiger partial charge in [-0.2, -0.15) is 5.10 Å². The van der Waals surface area contributed by atoms with Crippen molar-refractivity contribution in [2.24, 2.45) is 5.10 Å². The monoisotopic (exact) mass is 306 g/mol. The van der Waals surface area contributed by atoms with Crippen LogP contribution in [-0.2, 0) is 0 Å². The minimum Gasteiger partial charge on any atom is -0.378 e. The zero-order valence-corrected chi connectivity index (χ0v) is 13.1. The van der Waals surface area contributed by atoms with E-state index >= 15 is 0 Å². The highest BCUT2D eigenvalue weighted by Crippen LogP contribution is 2.15. The van der Waals surface area contributed by atoms with Crippen molar-refractivity contribution >= 4 is 28.7 Å². The van der Waals surface area contributed by atoms with Crippen LogP contribution in [0.15, 0.2) is 59.8 Å². The maximum absolute atomic E-state index is 12.1. The normalized spacial score (nSPS) is 11.0. The minimum absolute atomic E-state index is 0.230. The Labute approximate surface area is 134 Å². The molecule has 0 fully saturated rings. The van der Waals surface area contributed by atoms with Gasteiger partial charge in [0.05, 0.1) is 6.21 Å². The van der Waals surface area contributed by atoms with Gasteiger partial charge in [-0.1, -0.05) is 18.2 Å². The average molecular weight is 306 g/mol. The van der Waals surface area contributed by atoms with Crippen LogP contribution in [-0.4, -0.2) is 31.2 Å². The third kappa shape index (κ3) is 3.23. The van der Waals surface area contributed by atoms with Crippen LogP contribution >= 0.6 is 0 Å². The number of rotatable bonds is 4. The maximum Gasteiger partial charge on any atom is 0.271 e. The van der Waals surface area contributed by atoms with E-state index in [-0.39, 0.29) is 5.91 Å². The summed E-state index contributed by atoms with van der Waals surface area (Å²) in [6.07, 6.45) is 3.51. The first-order chi connectivity index (χ1) is 11.1. The quantitative estimate of drug-likeness (QED) is 0.575. The number of para-hydroxylation sites is 1. The molecule has 0 aliphatic carbocycles. The van der Waals surface area contributed by atoms with E-state index < -0.39 is 0 Å². The number of aromatic amines is 1. The van der Waals surface area contributed by atoms with E-state index in [1.54, 1.807) is 18.3 Å². The van der Waals surface area contributed by atoms with E-state index in [1.807, 2.05) is 61.6 Å². The van der Waals surface area contributed by atoms with Gasteiger partial charge in [0, 0.05) is 48.0 Å². The number of hydrogen-bond donors (Lipinski definition) is 2. The smallest absolute Gasteiger partial charge is 0.271 e. The second-order valence-electron chi connectivity index (χ2n) is 5.43. The molecular weight excluding hydrogens is 288 g/mol. The standard InChI is InChI=1S/C18H18N4O/c1-22(2)15-9-7-13(8-10-15)18(23)21-20-12-14-11-19-17-6-4-3-5-16(14)17/h3-12,19H,1-2H3,(H,21,23)/b20-12+. The summed E-state index contributed by atoms with van der Waals surface area (Å²) in [7, 11) is 3.92. The molecule has 116 valence electrons. The molecule has 5 nitrogen and oxygen atoms in total. The molecule has 0 aliphatic rings. The molecular formula is C18H18N4O. The van der Waals surface area contributed by atoms with Gasteiger partial charge in [0.15, 0.2) is 0 Å². The third-order valence-electron chi connectivity index (χ3n) is 3.64. The summed E-state index contributed by atoms with van der Waals surface area (Å²) in [4.78, 5) is 17.2. The number of H-pyrrole nitrogens is 1. The van der Waals surface area contributed by atoms with Gasteiger partial charge in [-0.05, 0) is 30.3 Å². The Kier molecular flexibility index (Phi) is 4.10. The van der Waals surface area contributed by atoms with Crippen molar-refractivity contribution in [1.82, 2.24) is 10.4 Å². The van der Waals surface area contributed by atoms with Crippen LogP contribution in [0.1, 0.15) is 15.9 Å². The van der Waals surface area contributed by atoms with Crippen molar-refractivity contribution in [3.63, 3.8) is 0 Å². The topological polar surface area (TPSA) is 60.5 Å². The Balaban J connectivity index is 1.68. The molecule has 2 N–H and O–H groups in total. The number of hydrogen-bond acceptors (Lipinski definition) is 3. The summed E-state index contributed by atoms with van der Waals surface area (Å²) >= 11 is 0. The molecule has 3 aromatic rings. The summed E-state index contributed by atoms with van der Waals surface area (Å²) in [6.45, 7) is 0. The average Bonchev–Trinajstić information content (AvgIpc) is 2.98. The van der Waals surface area contributed by atoms with Gasteiger partial charge in [-0.15, -0.1) is 0 Å². The predicted octanol–water partition coefficient (Wildman–Crippen LogP) is 3.00. The van der Waals surface area contributed by atoms with Crippen LogP contribution in [0.5, 0.6) is 0 Å². The fourth-order valence-electron chi connectivity index (χ4n) is 2.34. The van der Waals surface area contributed by atoms with Crippen molar-refractivity contribution in [3.05, 3.63) is 65.9 Å². The molecule has 23 heavy (non-hydrogen) atoms. The molecule has 0 saturated carbocycles. The number of carbonyl (C=O) groups excluding carboxylic acids is 1. The van der Waals surface area contributed by atoms with Crippen molar-refractivity contribution < 1.29 is 4.79 Å². The van der Waals surface area contributed by atoms with Crippen LogP contribution in [0.4, 0.5) is 5.69 Å². The van der Waals surface area contributed by atoms with Crippen LogP contribution in [0.25, 0.3) is 10.9 Å². The van der Waals surface area contributed by atoms with Gasteiger partial charge >= 0.3 is 0 Å². The van der Waals surface area contributed by atoms with Gasteiger partial charge in [-0.3, -0.25) is 4.79 Å². The number of fused-ring (bicyclic) bond motifs is 1. The number of hydrazone groups is 1. The molecule has 0 atom stereocenters. The lowest BCUT2D eigenvalue weighted by atomic mass is 10.2. The van der Waals surface area contributed by atoms with E-state index in [9.17, 15) is 4.79 Å². The van der Waals surface area contributed by atoms with Crippen LogP contribution in [0, 0.1) is 0 Å². The van der Waals surface area contributed by atoms with Crippen molar-refractivity contribution in [1.29, 1.82) is 0 Å². The number of amides is 1. The lowest BCUT2D eigenvalue weighted by Crippen LogP contribution is -2.17. The van der Waals surface area contributed by atoms with Gasteiger partial charge in [0.1, 0.15) is 0 Å². The molecule has 0 unspecified atom stereocenters. The van der Waals surface area contributed by atoms with Gasteiger partial charge < -0.3 is 9.88 Å². The molecule has 0 spiro atoms. The van der Waals surface area contributed by atoms with Crippen molar-refractivity contribution in [3.8, 4) is 0 Å². The number of nitrogens with one attached hydrogen (secondary N) is 2. The highest BCUT2D eigenvalue weighted by molar-refractivity contribution is 6.00. The molecule has 1 heterocycles. The lowest BCUT2D eigenvalue weighted by Gasteiger charge is -2.12. The van der Waals surface area contributed by atoms with Crippen LogP contribution in [0.2, 0.25) is 0 Å². The van der Waals surface area contributed by atoms with Gasteiger partial charge in [0.2, 0.25) is 0 Å². The molecule has 0 aliphatic heterocycles. The van der Waals surface area contributed by atoms with Crippen molar-refractivity contribution in [2.75, 3.05) is 19.0 Å². The summed E-state index contributed by atoms with van der Waals surface area (Å²) in [5.74, 6) is -0.230. The SMILES string of the molecule is CN(C)c1ccc(C(=O)N/N=C/c2c[nH]c3ccccc23)cc1. The van der Waals surface area contributed by atoms with Crippen LogP contribution in [0.3, 0.4) is 0 Å². The zero-order chi connectivity index (χ0) is 16.2. The molecule has 0 bridgehead atoms. The van der Waals surface area contributed by atoms with E-state index in [0.717, 1.165) is 22.2 Å². The third-order valence-corrected chi connectivity index (χ3v) is 3.64. The minimum atomic E-state index is -0.230. The Morgan fingerprint density at radius 2 is 1.87 bits per heavy atom. The molecule has 1 aromatic heterocycles. The largest absolute Gasteiger partial charge is 0.378 e. The van der Waals surface area contributed by atoms with Gasteiger partial charge in [-0.25, -0.2) is 5.43 Å². The maximum atomic E-state index is 12.1. The molecule has 1 amide bonds. The predicted molar refractivity (Wildman–Crippen MR) is 94.1 cm³/mol. The Bertz CT molecular complexity index is 847.